The van der Waals surface area contributed by atoms with Crippen molar-refractivity contribution in [1.29, 1.82) is 0 Å². The van der Waals surface area contributed by atoms with Crippen molar-refractivity contribution in [3.63, 3.8) is 0 Å². The fraction of sp³-hybridized carbons (Fsp3) is 0.571. The number of aromatic nitrogens is 1. The third-order valence-corrected chi connectivity index (χ3v) is 2.55. The summed E-state index contributed by atoms with van der Waals surface area (Å²) in [7, 11) is 0. The Morgan fingerprint density at radius 3 is 2.72 bits per heavy atom. The molecule has 0 fully saturated rings. The minimum Gasteiger partial charge on any atom is -0.370 e. The lowest BCUT2D eigenvalue weighted by Gasteiger charge is -2.08. The van der Waals surface area contributed by atoms with Crippen LogP contribution < -0.4 is 10.6 Å². The molecule has 0 unspecified atom stereocenters. The van der Waals surface area contributed by atoms with Crippen molar-refractivity contribution in [3.05, 3.63) is 18.3 Å². The second-order valence-corrected chi connectivity index (χ2v) is 4.84. The van der Waals surface area contributed by atoms with Crippen LogP contribution >= 0.6 is 0 Å². The molecular weight excluding hydrogens is 226 g/mol. The summed E-state index contributed by atoms with van der Waals surface area (Å²) < 4.78 is 0. The molecule has 0 atom stereocenters. The summed E-state index contributed by atoms with van der Waals surface area (Å²) in [4.78, 5) is 15.7. The summed E-state index contributed by atoms with van der Waals surface area (Å²) in [6, 6.07) is 3.76. The number of hydrogen-bond donors (Lipinski definition) is 2. The van der Waals surface area contributed by atoms with Gasteiger partial charge in [0.1, 0.15) is 5.82 Å². The van der Waals surface area contributed by atoms with Crippen molar-refractivity contribution in [3.8, 4) is 0 Å². The predicted molar refractivity (Wildman–Crippen MR) is 75.7 cm³/mol. The van der Waals surface area contributed by atoms with Gasteiger partial charge >= 0.3 is 0 Å². The largest absolute Gasteiger partial charge is 0.370 e. The number of nitrogens with zero attached hydrogens (tertiary/aromatic N) is 1. The summed E-state index contributed by atoms with van der Waals surface area (Å²) in [5.74, 6) is 1.58. The molecule has 0 aliphatic heterocycles. The Hall–Kier alpha value is -1.58. The first kappa shape index (κ1) is 14.5. The van der Waals surface area contributed by atoms with Crippen LogP contribution in [-0.2, 0) is 4.79 Å². The van der Waals surface area contributed by atoms with E-state index in [1.54, 1.807) is 6.20 Å². The number of carbonyl (C=O) groups excluding carboxylic acids is 1. The zero-order chi connectivity index (χ0) is 13.4. The highest BCUT2D eigenvalue weighted by Crippen LogP contribution is 2.10. The minimum atomic E-state index is 0.0415. The van der Waals surface area contributed by atoms with Crippen molar-refractivity contribution in [1.82, 2.24) is 4.98 Å². The van der Waals surface area contributed by atoms with Gasteiger partial charge in [-0.05, 0) is 30.9 Å². The van der Waals surface area contributed by atoms with E-state index in [-0.39, 0.29) is 5.91 Å². The highest BCUT2D eigenvalue weighted by atomic mass is 16.1. The molecule has 0 radical (unpaired) electrons. The van der Waals surface area contributed by atoms with Crippen LogP contribution in [0.25, 0.3) is 0 Å². The molecule has 100 valence electrons. The van der Waals surface area contributed by atoms with Gasteiger partial charge in [0.15, 0.2) is 0 Å². The van der Waals surface area contributed by atoms with Crippen LogP contribution in [0.3, 0.4) is 0 Å². The molecule has 4 nitrogen and oxygen atoms in total. The maximum Gasteiger partial charge on any atom is 0.224 e. The highest BCUT2D eigenvalue weighted by Gasteiger charge is 2.01. The van der Waals surface area contributed by atoms with Gasteiger partial charge in [-0.15, -0.1) is 0 Å². The highest BCUT2D eigenvalue weighted by molar-refractivity contribution is 5.90. The Bertz CT molecular complexity index is 360. The van der Waals surface area contributed by atoms with E-state index in [9.17, 15) is 4.79 Å². The van der Waals surface area contributed by atoms with Gasteiger partial charge in [0.25, 0.3) is 0 Å². The van der Waals surface area contributed by atoms with E-state index in [0.717, 1.165) is 30.9 Å². The second-order valence-electron chi connectivity index (χ2n) is 4.84. The molecule has 0 saturated carbocycles. The van der Waals surface area contributed by atoms with Crippen LogP contribution in [0.5, 0.6) is 0 Å². The lowest BCUT2D eigenvalue weighted by molar-refractivity contribution is -0.116. The normalized spacial score (nSPS) is 10.4. The van der Waals surface area contributed by atoms with E-state index < -0.39 is 0 Å². The molecule has 1 aromatic rings. The zero-order valence-corrected chi connectivity index (χ0v) is 11.5. The molecule has 4 heteroatoms. The SMILES string of the molecule is CCCC(=O)Nc1ccc(NCCC(C)C)nc1. The van der Waals surface area contributed by atoms with Gasteiger partial charge in [-0.2, -0.15) is 0 Å². The molecule has 1 heterocycles. The second kappa shape index (κ2) is 7.69. The first-order chi connectivity index (χ1) is 8.61. The van der Waals surface area contributed by atoms with Crippen molar-refractivity contribution in [2.75, 3.05) is 17.2 Å². The van der Waals surface area contributed by atoms with Gasteiger partial charge in [-0.3, -0.25) is 4.79 Å². The first-order valence-electron chi connectivity index (χ1n) is 6.61. The third-order valence-electron chi connectivity index (χ3n) is 2.55. The Morgan fingerprint density at radius 1 is 1.39 bits per heavy atom. The number of hydrogen-bond acceptors (Lipinski definition) is 3. The zero-order valence-electron chi connectivity index (χ0n) is 11.5. The van der Waals surface area contributed by atoms with E-state index in [1.165, 1.54) is 0 Å². The van der Waals surface area contributed by atoms with Crippen LogP contribution in [0.2, 0.25) is 0 Å². The molecule has 0 aliphatic carbocycles. The molecule has 1 aromatic heterocycles. The smallest absolute Gasteiger partial charge is 0.224 e. The van der Waals surface area contributed by atoms with Crippen LogP contribution in [0.4, 0.5) is 11.5 Å². The van der Waals surface area contributed by atoms with Crippen molar-refractivity contribution < 1.29 is 4.79 Å². The number of amides is 1. The average Bonchev–Trinajstić information content (AvgIpc) is 2.31. The molecule has 1 rings (SSSR count). The van der Waals surface area contributed by atoms with E-state index in [0.29, 0.717) is 12.3 Å². The first-order valence-corrected chi connectivity index (χ1v) is 6.61. The third kappa shape index (κ3) is 5.66. The lowest BCUT2D eigenvalue weighted by Crippen LogP contribution is -2.11. The summed E-state index contributed by atoms with van der Waals surface area (Å²) >= 11 is 0. The standard InChI is InChI=1S/C14H23N3O/c1-4-5-14(18)17-12-6-7-13(16-10-12)15-9-8-11(2)3/h6-7,10-11H,4-5,8-9H2,1-3H3,(H,15,16)(H,17,18). The number of rotatable bonds is 7. The quantitative estimate of drug-likeness (QED) is 0.779. The summed E-state index contributed by atoms with van der Waals surface area (Å²) in [5.41, 5.74) is 0.753. The van der Waals surface area contributed by atoms with Gasteiger partial charge < -0.3 is 10.6 Å². The fourth-order valence-electron chi connectivity index (χ4n) is 1.51. The van der Waals surface area contributed by atoms with Gasteiger partial charge in [0.05, 0.1) is 11.9 Å². The number of pyridine rings is 1. The van der Waals surface area contributed by atoms with E-state index in [1.807, 2.05) is 19.1 Å². The van der Waals surface area contributed by atoms with Crippen molar-refractivity contribution in [2.24, 2.45) is 5.92 Å². The van der Waals surface area contributed by atoms with Crippen LogP contribution in [0.15, 0.2) is 18.3 Å². The van der Waals surface area contributed by atoms with Gasteiger partial charge in [0, 0.05) is 13.0 Å². The lowest BCUT2D eigenvalue weighted by atomic mass is 10.1. The maximum absolute atomic E-state index is 11.4. The molecular formula is C14H23N3O. The van der Waals surface area contributed by atoms with E-state index >= 15 is 0 Å². The molecule has 0 aromatic carbocycles. The van der Waals surface area contributed by atoms with Crippen LogP contribution in [-0.4, -0.2) is 17.4 Å². The fourth-order valence-corrected chi connectivity index (χ4v) is 1.51. The number of nitrogens with one attached hydrogen (secondary N) is 2. The monoisotopic (exact) mass is 249 g/mol. The predicted octanol–water partition coefficient (Wildman–Crippen LogP) is 3.28. The molecule has 2 N–H and O–H groups in total. The molecule has 0 saturated heterocycles. The maximum atomic E-state index is 11.4. The van der Waals surface area contributed by atoms with Crippen LogP contribution in [0, 0.1) is 5.92 Å². The summed E-state index contributed by atoms with van der Waals surface area (Å²) in [6.07, 6.45) is 4.21. The molecule has 0 aliphatic rings. The number of carbonyl (C=O) groups is 1. The average molecular weight is 249 g/mol. The Morgan fingerprint density at radius 2 is 2.17 bits per heavy atom. The van der Waals surface area contributed by atoms with E-state index in [2.05, 4.69) is 29.5 Å². The molecule has 0 spiro atoms. The Balaban J connectivity index is 2.40. The van der Waals surface area contributed by atoms with Crippen LogP contribution in [0.1, 0.15) is 40.0 Å². The summed E-state index contributed by atoms with van der Waals surface area (Å²) in [6.45, 7) is 7.30. The van der Waals surface area contributed by atoms with Crippen molar-refractivity contribution >= 4 is 17.4 Å². The molecule has 1 amide bonds. The van der Waals surface area contributed by atoms with Gasteiger partial charge in [0.2, 0.25) is 5.91 Å². The van der Waals surface area contributed by atoms with E-state index in [4.69, 9.17) is 0 Å². The summed E-state index contributed by atoms with van der Waals surface area (Å²) in [5, 5.41) is 6.07. The van der Waals surface area contributed by atoms with Crippen molar-refractivity contribution in [2.45, 2.75) is 40.0 Å². The number of anilines is 2. The molecule has 18 heavy (non-hydrogen) atoms. The Labute approximate surface area is 109 Å². The Kier molecular flexibility index (Phi) is 6.19. The minimum absolute atomic E-state index is 0.0415. The van der Waals surface area contributed by atoms with Gasteiger partial charge in [-0.25, -0.2) is 4.98 Å². The van der Waals surface area contributed by atoms with Gasteiger partial charge in [-0.1, -0.05) is 20.8 Å². The topological polar surface area (TPSA) is 54.0 Å². The molecule has 0 bridgehead atoms.